The summed E-state index contributed by atoms with van der Waals surface area (Å²) in [5.41, 5.74) is 0. The van der Waals surface area contributed by atoms with Gasteiger partial charge in [0, 0.05) is 8.41 Å². The van der Waals surface area contributed by atoms with Gasteiger partial charge < -0.3 is 29.1 Å². The average Bonchev–Trinajstić information content (AvgIpc) is 2.14. The second-order valence-corrected chi connectivity index (χ2v) is 27.7. The SMILES string of the molecule is CC(C)=O.CC(C)=[Si](C)C.C[Si-](C)C.C[Si-](C)[Si](C)(C)C.[Li+].[Li-].[OH-]. The van der Waals surface area contributed by atoms with Gasteiger partial charge in [0.05, 0.1) is 0 Å². The van der Waals surface area contributed by atoms with Crippen LogP contribution in [0.25, 0.3) is 0 Å². The first-order valence-corrected chi connectivity index (χ1v) is 20.2. The third-order valence-electron chi connectivity index (χ3n) is 2.50. The van der Waals surface area contributed by atoms with Crippen molar-refractivity contribution in [2.24, 2.45) is 0 Å². The molecule has 0 aliphatic heterocycles. The van der Waals surface area contributed by atoms with Gasteiger partial charge in [0.25, 0.3) is 0 Å². The summed E-state index contributed by atoms with van der Waals surface area (Å²) in [4.78, 5) is 9.44. The van der Waals surface area contributed by atoms with Crippen molar-refractivity contribution in [1.29, 1.82) is 0 Å². The van der Waals surface area contributed by atoms with E-state index in [-0.39, 0.29) is 74.5 Å². The average molecular weight is 394 g/mol. The molecule has 0 saturated heterocycles. The summed E-state index contributed by atoms with van der Waals surface area (Å²) in [6.07, 6.45) is 0. The maximum atomic E-state index is 9.44. The number of Topliss-reactive ketones (excluding diaryl/α,β-unsaturated/α-hetero) is 1. The molecule has 0 heterocycles. The number of ketones is 1. The van der Waals surface area contributed by atoms with Crippen LogP contribution in [0.2, 0.25) is 65.5 Å². The molecular weight excluding hydrogens is 350 g/mol. The summed E-state index contributed by atoms with van der Waals surface area (Å²) in [5.74, 6) is 0.167. The monoisotopic (exact) mass is 393 g/mol. The molecule has 0 bridgehead atoms. The van der Waals surface area contributed by atoms with Crippen LogP contribution in [0.4, 0.5) is 0 Å². The van der Waals surface area contributed by atoms with E-state index in [1.807, 2.05) is 0 Å². The van der Waals surface area contributed by atoms with E-state index >= 15 is 0 Å². The van der Waals surface area contributed by atoms with Crippen molar-refractivity contribution in [2.75, 3.05) is 0 Å². The third kappa shape index (κ3) is 89.7. The molecule has 24 heavy (non-hydrogen) atoms. The maximum absolute atomic E-state index is 9.44. The second kappa shape index (κ2) is 26.8. The Labute approximate surface area is 184 Å². The molecule has 2 nitrogen and oxygen atoms in total. The molecule has 0 atom stereocenters. The largest absolute Gasteiger partial charge is 1.00 e. The molecule has 0 aliphatic rings. The van der Waals surface area contributed by atoms with E-state index in [0.29, 0.717) is 0 Å². The number of carbonyl (C=O) groups excluding carboxylic acids is 1. The van der Waals surface area contributed by atoms with E-state index in [1.54, 1.807) is 5.17 Å². The Bertz CT molecular complexity index is 266. The molecule has 0 fully saturated rings. The van der Waals surface area contributed by atoms with Gasteiger partial charge in [0.15, 0.2) is 0 Å². The normalized spacial score (nSPS) is 8.33. The van der Waals surface area contributed by atoms with Crippen LogP contribution in [0.3, 0.4) is 0 Å². The molecule has 0 saturated carbocycles. The third-order valence-corrected chi connectivity index (χ3v) is 16.5. The van der Waals surface area contributed by atoms with Crippen LogP contribution in [0.1, 0.15) is 27.7 Å². The Balaban J connectivity index is -0.0000000316. The van der Waals surface area contributed by atoms with E-state index < -0.39 is 7.59 Å². The van der Waals surface area contributed by atoms with Crippen molar-refractivity contribution in [3.8, 4) is 0 Å². The van der Waals surface area contributed by atoms with Crippen LogP contribution < -0.4 is 18.9 Å². The minimum absolute atomic E-state index is 0. The fourth-order valence-corrected chi connectivity index (χ4v) is 0. The van der Waals surface area contributed by atoms with Gasteiger partial charge in [-0.3, -0.25) is 17.1 Å². The molecule has 0 aromatic rings. The molecule has 0 aromatic heterocycles. The number of rotatable bonds is 1. The molecule has 8 heteroatoms. The molecule has 0 spiro atoms. The van der Waals surface area contributed by atoms with Gasteiger partial charge in [-0.05, 0) is 27.7 Å². The molecule has 2 radical (unpaired) electrons. The van der Waals surface area contributed by atoms with E-state index in [9.17, 15) is 4.79 Å². The van der Waals surface area contributed by atoms with E-state index in [2.05, 4.69) is 79.3 Å². The standard InChI is InChI=1S/C5H15Si2.C5H12Si.C3H6O.C3H9Si.2Li.H2O/c1-6(2)7(3,4)5;1-5(2)6(3)4;1-3(2)4;1-4(2)3;;;/h1-5H3;1-4H3;1-2H3;1-3H3;;;1H2/q-1;;;2*-1;+1;/p-1. The van der Waals surface area contributed by atoms with Crippen LogP contribution in [-0.4, -0.2) is 68.4 Å². The van der Waals surface area contributed by atoms with Gasteiger partial charge in [0.1, 0.15) is 5.78 Å². The van der Waals surface area contributed by atoms with Crippen molar-refractivity contribution >= 4 is 62.9 Å². The molecule has 0 amide bonds. The summed E-state index contributed by atoms with van der Waals surface area (Å²) >= 11 is 0. The van der Waals surface area contributed by atoms with Gasteiger partial charge in [-0.25, -0.2) is 0 Å². The van der Waals surface area contributed by atoms with Crippen molar-refractivity contribution < 1.29 is 29.1 Å². The van der Waals surface area contributed by atoms with Gasteiger partial charge in [0.2, 0.25) is 0 Å². The van der Waals surface area contributed by atoms with Gasteiger partial charge in [-0.2, -0.15) is 32.7 Å². The fraction of sp³-hybridized carbons (Fsp3) is 0.875. The van der Waals surface area contributed by atoms with Gasteiger partial charge in [-0.15, -0.1) is 7.59 Å². The molecule has 0 rings (SSSR count). The molecule has 0 aliphatic carbocycles. The minimum Gasteiger partial charge on any atom is -1.00 e. The topological polar surface area (TPSA) is 47.1 Å². The number of carbonyl (C=O) groups is 1. The van der Waals surface area contributed by atoms with Crippen LogP contribution in [0.5, 0.6) is 0 Å². The van der Waals surface area contributed by atoms with E-state index in [4.69, 9.17) is 0 Å². The van der Waals surface area contributed by atoms with Crippen LogP contribution in [0.15, 0.2) is 0 Å². The van der Waals surface area contributed by atoms with E-state index in [0.717, 1.165) is 0 Å². The molecular formula is C16H43Li2O2Si4-3. The smallest absolute Gasteiger partial charge is 1.00 e. The zero-order chi connectivity index (χ0) is 18.4. The summed E-state index contributed by atoms with van der Waals surface area (Å²) in [7, 11) is -0.459. The first-order chi connectivity index (χ1) is 9.05. The predicted octanol–water partition coefficient (Wildman–Crippen LogP) is 2.10. The van der Waals surface area contributed by atoms with Crippen molar-refractivity contribution in [3.63, 3.8) is 0 Å². The number of hydrogen-bond acceptors (Lipinski definition) is 2. The van der Waals surface area contributed by atoms with Crippen LogP contribution >= 0.6 is 0 Å². The number of hydrogen-bond donors (Lipinski definition) is 0. The fourth-order valence-electron chi connectivity index (χ4n) is 0. The minimum atomic E-state index is -0.633. The Kier molecular flexibility index (Phi) is 50.0. The first kappa shape index (κ1) is 44.8. The maximum Gasteiger partial charge on any atom is 1.00 e. The van der Waals surface area contributed by atoms with Gasteiger partial charge >= 0.3 is 18.9 Å². The van der Waals surface area contributed by atoms with Crippen molar-refractivity contribution in [1.82, 2.24) is 0 Å². The van der Waals surface area contributed by atoms with Gasteiger partial charge in [-0.1, -0.05) is 37.9 Å². The van der Waals surface area contributed by atoms with Crippen LogP contribution in [-0.2, 0) is 4.79 Å². The molecule has 0 unspecified atom stereocenters. The summed E-state index contributed by atoms with van der Waals surface area (Å²) in [5, 5.41) is 1.61. The quantitative estimate of drug-likeness (QED) is 0.641. The Morgan fingerprint density at radius 1 is 0.833 bits per heavy atom. The Hall–Kier alpha value is 1.56. The molecule has 140 valence electrons. The summed E-state index contributed by atoms with van der Waals surface area (Å²) in [6, 6.07) is 0. The molecule has 0 aromatic carbocycles. The predicted molar refractivity (Wildman–Crippen MR) is 122 cm³/mol. The Morgan fingerprint density at radius 2 is 0.917 bits per heavy atom. The Morgan fingerprint density at radius 3 is 0.917 bits per heavy atom. The van der Waals surface area contributed by atoms with E-state index in [1.165, 1.54) is 13.8 Å². The molecule has 1 N–H and O–H groups in total. The summed E-state index contributed by atoms with van der Waals surface area (Å²) in [6.45, 7) is 31.0. The zero-order valence-corrected chi connectivity index (χ0v) is 23.9. The second-order valence-electron chi connectivity index (χ2n) is 7.66. The van der Waals surface area contributed by atoms with Crippen molar-refractivity contribution in [3.05, 3.63) is 0 Å². The first-order valence-electron chi connectivity index (χ1n) is 7.70. The zero-order valence-electron chi connectivity index (χ0n) is 19.9. The summed E-state index contributed by atoms with van der Waals surface area (Å²) < 4.78 is 0. The van der Waals surface area contributed by atoms with Crippen molar-refractivity contribution in [2.45, 2.75) is 93.2 Å². The van der Waals surface area contributed by atoms with Crippen LogP contribution in [0, 0.1) is 0 Å².